The fraction of sp³-hybridized carbons (Fsp3) is 0.0714. The van der Waals surface area contributed by atoms with E-state index in [2.05, 4.69) is 44.6 Å². The molecule has 0 atom stereocenters. The smallest absolute Gasteiger partial charge is 0.152 e. The summed E-state index contributed by atoms with van der Waals surface area (Å²) in [5, 5.41) is 9.16. The van der Waals surface area contributed by atoms with Gasteiger partial charge in [-0.2, -0.15) is 5.26 Å². The van der Waals surface area contributed by atoms with Crippen LogP contribution in [0.2, 0.25) is 0 Å². The number of ether oxygens (including phenoxy) is 1. The highest BCUT2D eigenvalue weighted by Crippen LogP contribution is 2.31. The number of benzene rings is 2. The Balaban J connectivity index is 2.25. The number of hydrogen-bond acceptors (Lipinski definition) is 2. The average Bonchev–Trinajstić information content (AvgIpc) is 2.41. The maximum atomic E-state index is 9.16. The van der Waals surface area contributed by atoms with Crippen molar-refractivity contribution in [3.8, 4) is 11.8 Å². The van der Waals surface area contributed by atoms with Crippen molar-refractivity contribution >= 4 is 38.5 Å². The Morgan fingerprint density at radius 2 is 1.89 bits per heavy atom. The van der Waals surface area contributed by atoms with Gasteiger partial charge in [-0.05, 0) is 56.2 Å². The minimum Gasteiger partial charge on any atom is -0.486 e. The van der Waals surface area contributed by atoms with E-state index in [9.17, 15) is 0 Å². The summed E-state index contributed by atoms with van der Waals surface area (Å²) in [7, 11) is 0. The van der Waals surface area contributed by atoms with E-state index in [1.165, 1.54) is 0 Å². The monoisotopic (exact) mass is 413 g/mol. The molecular weight excluding hydrogens is 405 g/mol. The summed E-state index contributed by atoms with van der Waals surface area (Å²) in [6, 6.07) is 15.8. The molecule has 0 amide bonds. The van der Waals surface area contributed by atoms with Crippen molar-refractivity contribution in [1.82, 2.24) is 0 Å². The van der Waals surface area contributed by atoms with Crippen LogP contribution in [0, 0.1) is 14.9 Å². The molecule has 0 saturated carbocycles. The van der Waals surface area contributed by atoms with Crippen LogP contribution in [0.4, 0.5) is 0 Å². The van der Waals surface area contributed by atoms with Crippen molar-refractivity contribution in [2.75, 3.05) is 0 Å². The van der Waals surface area contributed by atoms with E-state index in [-0.39, 0.29) is 0 Å². The molecule has 4 heteroatoms. The van der Waals surface area contributed by atoms with Gasteiger partial charge < -0.3 is 4.74 Å². The second-order valence-corrected chi connectivity index (χ2v) is 5.64. The average molecular weight is 414 g/mol. The summed E-state index contributed by atoms with van der Waals surface area (Å²) in [6.45, 7) is 0.460. The molecule has 0 aliphatic heterocycles. The third-order valence-electron chi connectivity index (χ3n) is 2.40. The Morgan fingerprint density at radius 1 is 1.17 bits per heavy atom. The third kappa shape index (κ3) is 3.03. The first kappa shape index (κ1) is 13.4. The summed E-state index contributed by atoms with van der Waals surface area (Å²) in [5.41, 5.74) is 1.62. The molecule has 0 radical (unpaired) electrons. The molecular formula is C14H9BrINO. The van der Waals surface area contributed by atoms with Gasteiger partial charge in [0, 0.05) is 4.47 Å². The molecule has 0 aliphatic carbocycles. The highest BCUT2D eigenvalue weighted by atomic mass is 127. The number of halogens is 2. The number of nitriles is 1. The van der Waals surface area contributed by atoms with Crippen LogP contribution in [0.3, 0.4) is 0 Å². The van der Waals surface area contributed by atoms with Crippen LogP contribution in [0.25, 0.3) is 0 Å². The van der Waals surface area contributed by atoms with Crippen molar-refractivity contribution in [3.63, 3.8) is 0 Å². The molecule has 0 aliphatic rings. The standard InChI is InChI=1S/C14H9BrINO/c15-12-6-7-13(16)14(11(12)8-17)18-9-10-4-2-1-3-5-10/h1-7H,9H2. The first-order valence-corrected chi connectivity index (χ1v) is 7.14. The molecule has 0 aromatic heterocycles. The predicted molar refractivity (Wildman–Crippen MR) is 82.3 cm³/mol. The van der Waals surface area contributed by atoms with E-state index in [1.807, 2.05) is 42.5 Å². The second-order valence-electron chi connectivity index (χ2n) is 3.62. The Hall–Kier alpha value is -1.06. The largest absolute Gasteiger partial charge is 0.486 e. The van der Waals surface area contributed by atoms with E-state index in [4.69, 9.17) is 10.00 Å². The Labute approximate surface area is 128 Å². The summed E-state index contributed by atoms with van der Waals surface area (Å²) in [5.74, 6) is 0.635. The van der Waals surface area contributed by atoms with Gasteiger partial charge in [-0.1, -0.05) is 30.3 Å². The molecule has 0 spiro atoms. The molecule has 90 valence electrons. The maximum Gasteiger partial charge on any atom is 0.152 e. The van der Waals surface area contributed by atoms with Gasteiger partial charge in [0.25, 0.3) is 0 Å². The molecule has 2 aromatic carbocycles. The Morgan fingerprint density at radius 3 is 2.56 bits per heavy atom. The predicted octanol–water partition coefficient (Wildman–Crippen LogP) is 4.50. The Bertz CT molecular complexity index is 593. The zero-order chi connectivity index (χ0) is 13.0. The van der Waals surface area contributed by atoms with Crippen molar-refractivity contribution in [2.24, 2.45) is 0 Å². The zero-order valence-electron chi connectivity index (χ0n) is 9.36. The van der Waals surface area contributed by atoms with Gasteiger partial charge in [0.05, 0.1) is 3.57 Å². The fourth-order valence-electron chi connectivity index (χ4n) is 1.51. The van der Waals surface area contributed by atoms with Crippen LogP contribution >= 0.6 is 38.5 Å². The summed E-state index contributed by atoms with van der Waals surface area (Å²) >= 11 is 5.53. The van der Waals surface area contributed by atoms with E-state index >= 15 is 0 Å². The molecule has 2 aromatic rings. The maximum absolute atomic E-state index is 9.16. The first-order chi connectivity index (χ1) is 8.72. The van der Waals surface area contributed by atoms with E-state index in [0.29, 0.717) is 17.9 Å². The molecule has 2 nitrogen and oxygen atoms in total. The summed E-state index contributed by atoms with van der Waals surface area (Å²) < 4.78 is 7.46. The SMILES string of the molecule is N#Cc1c(Br)ccc(I)c1OCc1ccccc1. The molecule has 0 N–H and O–H groups in total. The van der Waals surface area contributed by atoms with E-state index in [0.717, 1.165) is 13.6 Å². The molecule has 0 unspecified atom stereocenters. The number of hydrogen-bond donors (Lipinski definition) is 0. The number of nitrogens with zero attached hydrogens (tertiary/aromatic N) is 1. The van der Waals surface area contributed by atoms with Crippen molar-refractivity contribution in [3.05, 3.63) is 61.6 Å². The lowest BCUT2D eigenvalue weighted by Crippen LogP contribution is -1.99. The van der Waals surface area contributed by atoms with Crippen molar-refractivity contribution in [1.29, 1.82) is 5.26 Å². The van der Waals surface area contributed by atoms with Gasteiger partial charge in [0.15, 0.2) is 5.75 Å². The van der Waals surface area contributed by atoms with Gasteiger partial charge in [-0.25, -0.2) is 0 Å². The lowest BCUT2D eigenvalue weighted by molar-refractivity contribution is 0.303. The van der Waals surface area contributed by atoms with Crippen LogP contribution in [0.5, 0.6) is 5.75 Å². The van der Waals surface area contributed by atoms with Crippen LogP contribution in [0.15, 0.2) is 46.9 Å². The van der Waals surface area contributed by atoms with Crippen LogP contribution < -0.4 is 4.74 Å². The first-order valence-electron chi connectivity index (χ1n) is 5.27. The van der Waals surface area contributed by atoms with Gasteiger partial charge in [0.2, 0.25) is 0 Å². The highest BCUT2D eigenvalue weighted by Gasteiger charge is 2.11. The van der Waals surface area contributed by atoms with Crippen molar-refractivity contribution in [2.45, 2.75) is 6.61 Å². The van der Waals surface area contributed by atoms with E-state index < -0.39 is 0 Å². The molecule has 0 fully saturated rings. The van der Waals surface area contributed by atoms with E-state index in [1.54, 1.807) is 0 Å². The highest BCUT2D eigenvalue weighted by molar-refractivity contribution is 14.1. The van der Waals surface area contributed by atoms with Gasteiger partial charge in [-0.3, -0.25) is 0 Å². The van der Waals surface area contributed by atoms with Crippen LogP contribution in [0.1, 0.15) is 11.1 Å². The Kier molecular flexibility index (Phi) is 4.61. The minimum absolute atomic E-state index is 0.460. The third-order valence-corrected chi connectivity index (χ3v) is 3.91. The fourth-order valence-corrected chi connectivity index (χ4v) is 2.51. The lowest BCUT2D eigenvalue weighted by atomic mass is 10.2. The quantitative estimate of drug-likeness (QED) is 0.694. The molecule has 0 saturated heterocycles. The molecule has 0 heterocycles. The topological polar surface area (TPSA) is 33.0 Å². The van der Waals surface area contributed by atoms with Gasteiger partial charge in [0.1, 0.15) is 18.2 Å². The molecule has 2 rings (SSSR count). The molecule has 18 heavy (non-hydrogen) atoms. The summed E-state index contributed by atoms with van der Waals surface area (Å²) in [4.78, 5) is 0. The number of rotatable bonds is 3. The zero-order valence-corrected chi connectivity index (χ0v) is 13.1. The minimum atomic E-state index is 0.460. The van der Waals surface area contributed by atoms with Crippen molar-refractivity contribution < 1.29 is 4.74 Å². The van der Waals surface area contributed by atoms with Gasteiger partial charge >= 0.3 is 0 Å². The lowest BCUT2D eigenvalue weighted by Gasteiger charge is -2.11. The van der Waals surface area contributed by atoms with Crippen LogP contribution in [-0.4, -0.2) is 0 Å². The normalized spacial score (nSPS) is 9.83. The second kappa shape index (κ2) is 6.21. The molecule has 0 bridgehead atoms. The van der Waals surface area contributed by atoms with Crippen LogP contribution in [-0.2, 0) is 6.61 Å². The van der Waals surface area contributed by atoms with Gasteiger partial charge in [-0.15, -0.1) is 0 Å². The summed E-state index contributed by atoms with van der Waals surface area (Å²) in [6.07, 6.45) is 0.